The molecule has 0 aromatic carbocycles. The van der Waals surface area contributed by atoms with Gasteiger partial charge in [0.1, 0.15) is 12.6 Å². The van der Waals surface area contributed by atoms with Crippen LogP contribution in [0.1, 0.15) is 136 Å². The van der Waals surface area contributed by atoms with Gasteiger partial charge < -0.3 is 28.6 Å². The van der Waals surface area contributed by atoms with Gasteiger partial charge >= 0.3 is 11.9 Å². The molecule has 0 bridgehead atoms. The van der Waals surface area contributed by atoms with Gasteiger partial charge in [-0.3, -0.25) is 9.59 Å². The summed E-state index contributed by atoms with van der Waals surface area (Å²) in [5.41, 5.74) is 0. The second-order valence-corrected chi connectivity index (χ2v) is 15.8. The van der Waals surface area contributed by atoms with Crippen LogP contribution in [0.25, 0.3) is 0 Å². The molecule has 0 aromatic heterocycles. The van der Waals surface area contributed by atoms with E-state index in [1.807, 2.05) is 72.9 Å². The lowest BCUT2D eigenvalue weighted by Crippen LogP contribution is -2.55. The molecular weight excluding hydrogens is 751 g/mol. The maximum Gasteiger partial charge on any atom is 0.306 e. The van der Waals surface area contributed by atoms with Gasteiger partial charge in [0.2, 0.25) is 0 Å². The zero-order valence-electron chi connectivity index (χ0n) is 38.1. The Morgan fingerprint density at radius 2 is 0.883 bits per heavy atom. The molecule has 0 heterocycles. The van der Waals surface area contributed by atoms with Gasteiger partial charge in [0.25, 0.3) is 0 Å². The summed E-state index contributed by atoms with van der Waals surface area (Å²) >= 11 is 0. The van der Waals surface area contributed by atoms with Crippen molar-refractivity contribution in [3.8, 4) is 0 Å². The van der Waals surface area contributed by atoms with Crippen LogP contribution in [-0.2, 0) is 28.6 Å². The van der Waals surface area contributed by atoms with Crippen molar-refractivity contribution in [2.24, 2.45) is 0 Å². The molecule has 0 spiro atoms. The van der Waals surface area contributed by atoms with Crippen molar-refractivity contribution in [1.82, 2.24) is 0 Å². The first-order valence-corrected chi connectivity index (χ1v) is 22.7. The number of carboxylic acid groups (broad SMARTS) is 1. The third-order valence-electron chi connectivity index (χ3n) is 9.29. The zero-order valence-corrected chi connectivity index (χ0v) is 38.1. The molecule has 0 aliphatic heterocycles. The lowest BCUT2D eigenvalue weighted by molar-refractivity contribution is -0.889. The van der Waals surface area contributed by atoms with Crippen molar-refractivity contribution < 1.29 is 38.2 Å². The van der Waals surface area contributed by atoms with E-state index in [-0.39, 0.29) is 49.1 Å². The molecule has 0 N–H and O–H groups in total. The van der Waals surface area contributed by atoms with Crippen molar-refractivity contribution in [1.29, 1.82) is 0 Å². The van der Waals surface area contributed by atoms with Crippen molar-refractivity contribution in [2.75, 3.05) is 41.0 Å². The smallest absolute Gasteiger partial charge is 0.306 e. The van der Waals surface area contributed by atoms with Crippen LogP contribution in [0.5, 0.6) is 0 Å². The summed E-state index contributed by atoms with van der Waals surface area (Å²) in [6, 6.07) is -0.744. The van der Waals surface area contributed by atoms with E-state index in [2.05, 4.69) is 62.5 Å². The normalized spacial score (nSPS) is 14.1. The predicted molar refractivity (Wildman–Crippen MR) is 249 cm³/mol. The predicted octanol–water partition coefficient (Wildman–Crippen LogP) is 11.3. The Morgan fingerprint density at radius 1 is 0.500 bits per heavy atom. The number of quaternary nitrogens is 1. The fourth-order valence-electron chi connectivity index (χ4n) is 5.78. The van der Waals surface area contributed by atoms with Crippen LogP contribution in [0.15, 0.2) is 122 Å². The van der Waals surface area contributed by atoms with E-state index in [0.717, 1.165) is 89.9 Å². The summed E-state index contributed by atoms with van der Waals surface area (Å²) in [6.45, 7) is 4.40. The number of unbranched alkanes of at least 4 members (excludes halogenated alkanes) is 12. The van der Waals surface area contributed by atoms with Crippen LogP contribution in [0, 0.1) is 0 Å². The Balaban J connectivity index is 4.49. The number of allylic oxidation sites excluding steroid dienone is 20. The van der Waals surface area contributed by atoms with E-state index in [1.54, 1.807) is 21.1 Å². The monoisotopic (exact) mass is 832 g/mol. The third-order valence-corrected chi connectivity index (χ3v) is 9.29. The first-order valence-electron chi connectivity index (χ1n) is 22.7. The largest absolute Gasteiger partial charge is 0.544 e. The van der Waals surface area contributed by atoms with E-state index in [0.29, 0.717) is 6.42 Å². The highest BCUT2D eigenvalue weighted by Gasteiger charge is 2.25. The van der Waals surface area contributed by atoms with Crippen LogP contribution in [0.4, 0.5) is 0 Å². The van der Waals surface area contributed by atoms with E-state index < -0.39 is 18.1 Å². The van der Waals surface area contributed by atoms with Gasteiger partial charge in [0.05, 0.1) is 40.3 Å². The SMILES string of the molecule is CCC/C=C/C=C/C=C/C=C/C=C/CCCCCCCC(=O)OCC(COCCC(C(=O)[O-])[N+](C)(C)C)OC(=O)CCCCCCC/C=C/C=C/C=C/C=C/C=C/CCC. The number of carboxylic acids is 1. The van der Waals surface area contributed by atoms with E-state index in [1.165, 1.54) is 12.8 Å². The molecule has 8 heteroatoms. The number of ether oxygens (including phenoxy) is 3. The molecule has 0 amide bonds. The lowest BCUT2D eigenvalue weighted by Gasteiger charge is -2.34. The Labute approximate surface area is 365 Å². The minimum atomic E-state index is -1.14. The quantitative estimate of drug-likeness (QED) is 0.0264. The number of likely N-dealkylation sites (N-methyl/N-ethyl adjacent to an activating group) is 1. The summed E-state index contributed by atoms with van der Waals surface area (Å²) in [5, 5.41) is 11.6. The number of aliphatic carboxylic acids is 1. The summed E-state index contributed by atoms with van der Waals surface area (Å²) in [4.78, 5) is 36.9. The number of esters is 2. The molecule has 0 rings (SSSR count). The van der Waals surface area contributed by atoms with E-state index >= 15 is 0 Å². The van der Waals surface area contributed by atoms with Crippen LogP contribution >= 0.6 is 0 Å². The average molecular weight is 832 g/mol. The van der Waals surface area contributed by atoms with Crippen molar-refractivity contribution in [3.05, 3.63) is 122 Å². The van der Waals surface area contributed by atoms with Gasteiger partial charge in [-0.25, -0.2) is 0 Å². The summed E-state index contributed by atoms with van der Waals surface area (Å²) < 4.78 is 17.1. The average Bonchev–Trinajstić information content (AvgIpc) is 3.21. The Morgan fingerprint density at radius 3 is 1.30 bits per heavy atom. The fourth-order valence-corrected chi connectivity index (χ4v) is 5.78. The van der Waals surface area contributed by atoms with E-state index in [4.69, 9.17) is 14.2 Å². The molecule has 0 fully saturated rings. The minimum Gasteiger partial charge on any atom is -0.544 e. The van der Waals surface area contributed by atoms with Crippen LogP contribution in [0.3, 0.4) is 0 Å². The number of carbonyl (C=O) groups excluding carboxylic acids is 3. The van der Waals surface area contributed by atoms with Crippen molar-refractivity contribution >= 4 is 17.9 Å². The summed E-state index contributed by atoms with van der Waals surface area (Å²) in [5.74, 6) is -1.82. The topological polar surface area (TPSA) is 102 Å². The molecule has 0 aliphatic carbocycles. The van der Waals surface area contributed by atoms with Gasteiger partial charge in [0, 0.05) is 19.3 Å². The highest BCUT2D eigenvalue weighted by atomic mass is 16.6. The van der Waals surface area contributed by atoms with Crippen LogP contribution in [-0.4, -0.2) is 75.5 Å². The van der Waals surface area contributed by atoms with Crippen LogP contribution < -0.4 is 5.11 Å². The first-order chi connectivity index (χ1) is 29.1. The Hall–Kier alpha value is -4.27. The van der Waals surface area contributed by atoms with Gasteiger partial charge in [0.15, 0.2) is 6.10 Å². The second kappa shape index (κ2) is 41.5. The zero-order chi connectivity index (χ0) is 44.2. The van der Waals surface area contributed by atoms with Crippen molar-refractivity contribution in [3.63, 3.8) is 0 Å². The van der Waals surface area contributed by atoms with E-state index in [9.17, 15) is 19.5 Å². The highest BCUT2D eigenvalue weighted by Crippen LogP contribution is 2.12. The second-order valence-electron chi connectivity index (χ2n) is 15.8. The number of hydrogen-bond acceptors (Lipinski definition) is 7. The molecule has 0 saturated carbocycles. The Kier molecular flexibility index (Phi) is 38.5. The fraction of sp³-hybridized carbons (Fsp3) is 0.558. The van der Waals surface area contributed by atoms with Crippen molar-refractivity contribution in [2.45, 2.75) is 148 Å². The number of nitrogens with zero attached hydrogens (tertiary/aromatic N) is 1. The highest BCUT2D eigenvalue weighted by molar-refractivity contribution is 5.70. The number of rotatable bonds is 38. The molecule has 0 aliphatic rings. The first kappa shape index (κ1) is 55.7. The van der Waals surface area contributed by atoms with Gasteiger partial charge in [-0.15, -0.1) is 0 Å². The number of carbonyl (C=O) groups is 3. The lowest BCUT2D eigenvalue weighted by atomic mass is 10.1. The third kappa shape index (κ3) is 39.2. The summed E-state index contributed by atoms with van der Waals surface area (Å²) in [6.07, 6.45) is 57.8. The van der Waals surface area contributed by atoms with Gasteiger partial charge in [-0.2, -0.15) is 0 Å². The molecule has 60 heavy (non-hydrogen) atoms. The molecule has 0 aromatic rings. The van der Waals surface area contributed by atoms with Gasteiger partial charge in [-0.05, 0) is 51.4 Å². The maximum atomic E-state index is 12.7. The molecule has 0 radical (unpaired) electrons. The number of hydrogen-bond donors (Lipinski definition) is 0. The molecule has 2 atom stereocenters. The molecule has 8 nitrogen and oxygen atoms in total. The summed E-state index contributed by atoms with van der Waals surface area (Å²) in [7, 11) is 5.37. The maximum absolute atomic E-state index is 12.7. The molecule has 2 unspecified atom stereocenters. The standard InChI is InChI=1S/C52H81NO7/c1-6-8-10-12-14-16-18-20-22-24-26-28-30-32-34-36-38-40-42-50(54)59-47-48(46-58-45-44-49(52(56)57)53(3,4)5)60-51(55)43-41-39-37-35-33-31-29-27-25-23-21-19-17-15-13-11-9-7-2/h10-29,48-49H,6-9,30-47H2,1-5H3/b12-10+,13-11+,16-14+,17-15+,20-18+,21-19+,24-22+,25-23+,28-26+,29-27+. The minimum absolute atomic E-state index is 0.0119. The molecule has 0 saturated heterocycles. The van der Waals surface area contributed by atoms with Gasteiger partial charge in [-0.1, -0.05) is 187 Å². The van der Waals surface area contributed by atoms with Crippen LogP contribution in [0.2, 0.25) is 0 Å². The molecular formula is C52H81NO7. The molecule has 336 valence electrons. The Bertz CT molecular complexity index is 1390.